The van der Waals surface area contributed by atoms with E-state index in [1.165, 1.54) is 17.1 Å². The number of alkyl halides is 1. The highest BCUT2D eigenvalue weighted by Gasteiger charge is 2.64. The van der Waals surface area contributed by atoms with Gasteiger partial charge in [-0.3, -0.25) is 0 Å². The molecule has 6 heterocycles. The number of piperidine rings is 3. The zero-order valence-electron chi connectivity index (χ0n) is 51.5. The lowest BCUT2D eigenvalue weighted by molar-refractivity contribution is 0.00578. The van der Waals surface area contributed by atoms with Crippen molar-refractivity contribution >= 4 is 91.5 Å². The second kappa shape index (κ2) is 32.3. The Labute approximate surface area is 513 Å². The summed E-state index contributed by atoms with van der Waals surface area (Å²) in [6.07, 6.45) is 6.73. The van der Waals surface area contributed by atoms with E-state index in [4.69, 9.17) is 46.9 Å². The topological polar surface area (TPSA) is 131 Å². The third kappa shape index (κ3) is 21.0. The van der Waals surface area contributed by atoms with Crippen LogP contribution in [-0.2, 0) is 51.6 Å². The van der Waals surface area contributed by atoms with Crippen molar-refractivity contribution in [3.8, 4) is 0 Å². The molecule has 0 saturated carbocycles. The lowest BCUT2D eigenvalue weighted by Gasteiger charge is -2.33. The van der Waals surface area contributed by atoms with Crippen LogP contribution in [0.25, 0.3) is 0 Å². The first-order chi connectivity index (χ1) is 38.2. The van der Waals surface area contributed by atoms with Gasteiger partial charge in [0.1, 0.15) is 0 Å². The smallest absolute Gasteiger partial charge is 0.405 e. The standard InChI is InChI=1S/C20H32BNO4.C14H20BrNO2.C12H24B2O4.C11H14BrNO.C3H7BrO/c1-19(2)20(3,4)26-21(25-19)16-6-8-17(9-7-16)22-12-10-18(11-13-22)24-15-14-23-5;1-17-10-11-18-14-6-8-16(9-7-14)13-4-2-12(15)3-5-13;1-9(2)10(3,4)16-13(15-9)14-17-11(5,6)12(7,8)18-14;12-9-1-3-10(4-2-9)13-7-5-11(14)6-8-13;1-5-3-2-4/h6-9,18H,10-15H2,1-5H3;2-5,14H,6-11H2,1H3;1-8H3;1-4,11,14H,5-8H2;2-3H2,1H3. The van der Waals surface area contributed by atoms with E-state index in [9.17, 15) is 5.11 Å². The van der Waals surface area contributed by atoms with Gasteiger partial charge < -0.3 is 71.4 Å². The average Bonchev–Trinajstić information content (AvgIpc) is 4.16. The largest absolute Gasteiger partial charge is 0.494 e. The van der Waals surface area contributed by atoms with Gasteiger partial charge in [-0.15, -0.1) is 0 Å². The molecular formula is C60H97B3Br3N3O12. The van der Waals surface area contributed by atoms with Gasteiger partial charge in [0.15, 0.2) is 0 Å². The van der Waals surface area contributed by atoms with Crippen LogP contribution in [-0.4, -0.2) is 177 Å². The lowest BCUT2D eigenvalue weighted by Crippen LogP contribution is -2.41. The fourth-order valence-electron chi connectivity index (χ4n) is 9.48. The lowest BCUT2D eigenvalue weighted by atomic mass is 9.49. The third-order valence-electron chi connectivity index (χ3n) is 16.8. The summed E-state index contributed by atoms with van der Waals surface area (Å²) in [5.74, 6) is 0. The van der Waals surface area contributed by atoms with Crippen LogP contribution in [0.2, 0.25) is 0 Å². The number of hydrogen-bond acceptors (Lipinski definition) is 15. The fraction of sp³-hybridized carbons (Fsp3) is 0.700. The molecule has 0 aliphatic carbocycles. The molecule has 6 aliphatic rings. The van der Waals surface area contributed by atoms with Crippen molar-refractivity contribution in [2.45, 2.75) is 174 Å². The highest BCUT2D eigenvalue weighted by Crippen LogP contribution is 2.43. The van der Waals surface area contributed by atoms with Gasteiger partial charge in [0.05, 0.1) is 85.0 Å². The number of aliphatic hydroxyl groups is 1. The van der Waals surface area contributed by atoms with Gasteiger partial charge in [-0.1, -0.05) is 59.9 Å². The molecule has 0 spiro atoms. The number of hydrogen-bond donors (Lipinski definition) is 1. The monoisotopic (exact) mass is 1320 g/mol. The summed E-state index contributed by atoms with van der Waals surface area (Å²) < 4.78 is 64.7. The average molecular weight is 1320 g/mol. The molecule has 0 amide bonds. The molecule has 3 aromatic rings. The van der Waals surface area contributed by atoms with E-state index < -0.39 is 14.0 Å². The zero-order chi connectivity index (χ0) is 59.7. The van der Waals surface area contributed by atoms with Gasteiger partial charge >= 0.3 is 21.1 Å². The second-order valence-electron chi connectivity index (χ2n) is 24.4. The predicted octanol–water partition coefficient (Wildman–Crippen LogP) is 11.4. The molecule has 0 aromatic heterocycles. The summed E-state index contributed by atoms with van der Waals surface area (Å²) in [7, 11) is 3.85. The maximum atomic E-state index is 9.38. The molecule has 6 aliphatic heterocycles. The molecule has 0 radical (unpaired) electrons. The van der Waals surface area contributed by atoms with Crippen LogP contribution in [0.15, 0.2) is 81.7 Å². The Balaban J connectivity index is 0.000000197. The van der Waals surface area contributed by atoms with Crippen LogP contribution in [0.5, 0.6) is 0 Å². The van der Waals surface area contributed by atoms with E-state index in [2.05, 4.69) is 168 Å². The van der Waals surface area contributed by atoms with Crippen LogP contribution in [0.4, 0.5) is 17.1 Å². The Morgan fingerprint density at radius 1 is 0.432 bits per heavy atom. The minimum Gasteiger partial charge on any atom is -0.405 e. The van der Waals surface area contributed by atoms with Crippen molar-refractivity contribution in [1.82, 2.24) is 0 Å². The van der Waals surface area contributed by atoms with Crippen LogP contribution >= 0.6 is 47.8 Å². The quantitative estimate of drug-likeness (QED) is 0.0879. The van der Waals surface area contributed by atoms with Crippen molar-refractivity contribution < 1.29 is 56.7 Å². The van der Waals surface area contributed by atoms with E-state index in [0.717, 1.165) is 104 Å². The minimum absolute atomic E-state index is 0.0956. The molecule has 0 unspecified atom stereocenters. The van der Waals surface area contributed by atoms with Gasteiger partial charge in [-0.2, -0.15) is 0 Å². The normalized spacial score (nSPS) is 22.0. The first-order valence-corrected chi connectivity index (χ1v) is 31.7. The molecule has 6 fully saturated rings. The van der Waals surface area contributed by atoms with Crippen LogP contribution < -0.4 is 20.2 Å². The number of aliphatic hydroxyl groups excluding tert-OH is 1. The number of anilines is 3. The fourth-order valence-corrected chi connectivity index (χ4v) is 10.3. The summed E-state index contributed by atoms with van der Waals surface area (Å²) in [4.78, 5) is 7.16. The SMILES string of the molecule is CC1(C)OB(B2OC(C)(C)C(C)(C)O2)OC1(C)C.COCCBr.COCCOC1CCN(c2ccc(B3OC(C)(C)C(C)(C)O3)cc2)CC1.COCCOC1CCN(c2ccc(Br)cc2)CC1.OC1CCN(c2ccc(Br)cc2)CC1. The molecule has 15 nitrogen and oxygen atoms in total. The highest BCUT2D eigenvalue weighted by molar-refractivity contribution is 9.10. The second-order valence-corrected chi connectivity index (χ2v) is 27.0. The predicted molar refractivity (Wildman–Crippen MR) is 342 cm³/mol. The molecule has 0 bridgehead atoms. The Morgan fingerprint density at radius 2 is 0.716 bits per heavy atom. The van der Waals surface area contributed by atoms with Gasteiger partial charge in [0.2, 0.25) is 0 Å². The van der Waals surface area contributed by atoms with Crippen molar-refractivity contribution in [2.75, 3.05) is 114 Å². The summed E-state index contributed by atoms with van der Waals surface area (Å²) in [5.41, 5.74) is 2.83. The number of methoxy groups -OCH3 is 3. The van der Waals surface area contributed by atoms with Crippen molar-refractivity contribution in [3.63, 3.8) is 0 Å². The Hall–Kier alpha value is -1.79. The first-order valence-electron chi connectivity index (χ1n) is 29.0. The Bertz CT molecular complexity index is 2160. The molecule has 0 atom stereocenters. The maximum absolute atomic E-state index is 9.38. The number of benzene rings is 3. The van der Waals surface area contributed by atoms with Crippen molar-refractivity contribution in [3.05, 3.63) is 81.7 Å². The Kier molecular flexibility index (Phi) is 27.9. The van der Waals surface area contributed by atoms with Crippen LogP contribution in [0.3, 0.4) is 0 Å². The van der Waals surface area contributed by atoms with E-state index in [-0.39, 0.29) is 46.8 Å². The number of halogens is 3. The van der Waals surface area contributed by atoms with E-state index >= 15 is 0 Å². The molecule has 81 heavy (non-hydrogen) atoms. The van der Waals surface area contributed by atoms with E-state index in [1.54, 1.807) is 21.3 Å². The van der Waals surface area contributed by atoms with Crippen LogP contribution in [0.1, 0.15) is 122 Å². The third-order valence-corrected chi connectivity index (χ3v) is 18.2. The zero-order valence-corrected chi connectivity index (χ0v) is 56.3. The van der Waals surface area contributed by atoms with Gasteiger partial charge in [0.25, 0.3) is 0 Å². The molecule has 9 rings (SSSR count). The molecular weight excluding hydrogens is 1230 g/mol. The summed E-state index contributed by atoms with van der Waals surface area (Å²) in [6.45, 7) is 34.2. The molecule has 21 heteroatoms. The van der Waals surface area contributed by atoms with Crippen LogP contribution in [0, 0.1) is 0 Å². The maximum Gasteiger partial charge on any atom is 0.494 e. The molecule has 1 N–H and O–H groups in total. The van der Waals surface area contributed by atoms with Crippen molar-refractivity contribution in [1.29, 1.82) is 0 Å². The summed E-state index contributed by atoms with van der Waals surface area (Å²) >= 11 is 10.1. The Morgan fingerprint density at radius 3 is 1.00 bits per heavy atom. The number of ether oxygens (including phenoxy) is 5. The van der Waals surface area contributed by atoms with Gasteiger partial charge in [-0.05, 0) is 188 Å². The molecule has 3 aromatic carbocycles. The number of rotatable bonds is 15. The molecule has 6 saturated heterocycles. The summed E-state index contributed by atoms with van der Waals surface area (Å²) in [6, 6.07) is 25.4. The van der Waals surface area contributed by atoms with Gasteiger partial charge in [-0.25, -0.2) is 0 Å². The highest BCUT2D eigenvalue weighted by atomic mass is 79.9. The molecule has 454 valence electrons. The minimum atomic E-state index is -0.476. The summed E-state index contributed by atoms with van der Waals surface area (Å²) in [5, 5.41) is 10.3. The van der Waals surface area contributed by atoms with Crippen molar-refractivity contribution in [2.24, 2.45) is 0 Å². The first kappa shape index (κ1) is 70.0. The van der Waals surface area contributed by atoms with Gasteiger partial charge in [0, 0.05) is 91.9 Å². The number of nitrogens with zero attached hydrogens (tertiary/aromatic N) is 3. The van der Waals surface area contributed by atoms with E-state index in [0.29, 0.717) is 38.6 Å². The van der Waals surface area contributed by atoms with E-state index in [1.807, 2.05) is 55.4 Å².